The van der Waals surface area contributed by atoms with Crippen LogP contribution in [0.25, 0.3) is 11.4 Å². The number of methoxy groups -OCH3 is 3. The fourth-order valence-corrected chi connectivity index (χ4v) is 11.5. The Kier molecular flexibility index (Phi) is 16.3. The highest BCUT2D eigenvalue weighted by molar-refractivity contribution is 14.1. The Morgan fingerprint density at radius 1 is 0.697 bits per heavy atom. The summed E-state index contributed by atoms with van der Waals surface area (Å²) < 4.78 is 83.5. The first kappa shape index (κ1) is 51.4. The highest BCUT2D eigenvalue weighted by Crippen LogP contribution is 2.39. The summed E-state index contributed by atoms with van der Waals surface area (Å²) in [5.74, 6) is 1.58. The lowest BCUT2D eigenvalue weighted by atomic mass is 10.0. The molecule has 66 heavy (non-hydrogen) atoms. The van der Waals surface area contributed by atoms with Crippen LogP contribution < -0.4 is 18.9 Å². The average molecular weight is 1060 g/mol. The van der Waals surface area contributed by atoms with Crippen molar-refractivity contribution in [2.45, 2.75) is 88.1 Å². The largest absolute Gasteiger partial charge is 0.497 e. The summed E-state index contributed by atoms with van der Waals surface area (Å²) >= 11 is 1.91. The number of nitrogens with one attached hydrogen (secondary N) is 1. The quantitative estimate of drug-likeness (QED) is 0.0738. The first-order valence-electron chi connectivity index (χ1n) is 20.4. The van der Waals surface area contributed by atoms with Crippen LogP contribution in [-0.2, 0) is 39.7 Å². The molecule has 0 radical (unpaired) electrons. The maximum Gasteiger partial charge on any atom is 0.407 e. The van der Waals surface area contributed by atoms with Crippen molar-refractivity contribution in [3.8, 4) is 28.6 Å². The highest BCUT2D eigenvalue weighted by atomic mass is 127. The number of rotatable bonds is 19. The normalized spacial score (nSPS) is 12.3. The van der Waals surface area contributed by atoms with E-state index < -0.39 is 72.2 Å². The SMILES string of the molecule is COc1ccc(CN(Cc2ccc(OC)cc2)S(=O)(=O)c2c(S(=O)(=O)NC(CN(C(=O)O)C(C)(C)C)CN(C(=O)O)C(C)(C)C)ccc(I)c2-c2nnnn2Cc2ccc(OC)cc2)cc1. The number of benzene rings is 4. The molecule has 3 N–H and O–H groups in total. The van der Waals surface area contributed by atoms with Gasteiger partial charge in [0.2, 0.25) is 20.0 Å². The van der Waals surface area contributed by atoms with Crippen LogP contribution in [0.3, 0.4) is 0 Å². The maximum absolute atomic E-state index is 15.9. The molecule has 0 aliphatic rings. The molecule has 0 fully saturated rings. The summed E-state index contributed by atoms with van der Waals surface area (Å²) in [6.07, 6.45) is -2.78. The molecule has 5 aromatic rings. The molecule has 22 heteroatoms. The molecule has 2 amide bonds. The van der Waals surface area contributed by atoms with E-state index in [2.05, 4.69) is 20.2 Å². The van der Waals surface area contributed by atoms with Crippen LogP contribution in [0.1, 0.15) is 58.2 Å². The van der Waals surface area contributed by atoms with Crippen LogP contribution in [0, 0.1) is 3.57 Å². The first-order chi connectivity index (χ1) is 30.9. The molecule has 356 valence electrons. The smallest absolute Gasteiger partial charge is 0.407 e. The minimum atomic E-state index is -5.04. The Hall–Kier alpha value is -5.56. The number of ether oxygens (including phenoxy) is 3. The average Bonchev–Trinajstić information content (AvgIpc) is 3.70. The van der Waals surface area contributed by atoms with E-state index in [0.29, 0.717) is 33.9 Å². The maximum atomic E-state index is 15.9. The van der Waals surface area contributed by atoms with Gasteiger partial charge in [0.1, 0.15) is 27.0 Å². The van der Waals surface area contributed by atoms with Crippen molar-refractivity contribution >= 4 is 54.8 Å². The van der Waals surface area contributed by atoms with Crippen LogP contribution in [0.15, 0.2) is 94.7 Å². The van der Waals surface area contributed by atoms with Crippen molar-refractivity contribution in [2.75, 3.05) is 34.4 Å². The second-order valence-electron chi connectivity index (χ2n) is 17.2. The van der Waals surface area contributed by atoms with Gasteiger partial charge in [0.25, 0.3) is 0 Å². The molecule has 0 saturated heterocycles. The van der Waals surface area contributed by atoms with E-state index in [4.69, 9.17) is 14.2 Å². The summed E-state index contributed by atoms with van der Waals surface area (Å²) in [5, 5.41) is 33.0. The van der Waals surface area contributed by atoms with Gasteiger partial charge >= 0.3 is 12.2 Å². The fourth-order valence-electron chi connectivity index (χ4n) is 6.97. The summed E-state index contributed by atoms with van der Waals surface area (Å²) in [6.45, 7) is 8.18. The van der Waals surface area contributed by atoms with Crippen molar-refractivity contribution in [1.29, 1.82) is 0 Å². The van der Waals surface area contributed by atoms with E-state index in [0.717, 1.165) is 20.2 Å². The van der Waals surface area contributed by atoms with Gasteiger partial charge < -0.3 is 34.2 Å². The predicted octanol–water partition coefficient (Wildman–Crippen LogP) is 6.61. The zero-order valence-corrected chi connectivity index (χ0v) is 41.9. The molecule has 0 bridgehead atoms. The van der Waals surface area contributed by atoms with Crippen molar-refractivity contribution < 1.29 is 50.8 Å². The van der Waals surface area contributed by atoms with Gasteiger partial charge in [0.15, 0.2) is 5.82 Å². The number of tetrazole rings is 1. The van der Waals surface area contributed by atoms with E-state index in [-0.39, 0.29) is 34.6 Å². The van der Waals surface area contributed by atoms with E-state index in [9.17, 15) is 19.8 Å². The van der Waals surface area contributed by atoms with Crippen molar-refractivity contribution in [1.82, 2.24) is 39.0 Å². The lowest BCUT2D eigenvalue weighted by molar-refractivity contribution is 0.0743. The third-order valence-corrected chi connectivity index (χ3v) is 14.9. The van der Waals surface area contributed by atoms with E-state index >= 15 is 16.8 Å². The second kappa shape index (κ2) is 20.9. The van der Waals surface area contributed by atoms with Gasteiger partial charge in [-0.15, -0.1) is 5.10 Å². The molecule has 0 atom stereocenters. The van der Waals surface area contributed by atoms with E-state index in [1.807, 2.05) is 22.6 Å². The number of nitrogens with zero attached hydrogens (tertiary/aromatic N) is 7. The van der Waals surface area contributed by atoms with Gasteiger partial charge in [-0.3, -0.25) is 0 Å². The molecule has 0 aliphatic carbocycles. The number of carbonyl (C=O) groups is 2. The Labute approximate surface area is 398 Å². The van der Waals surface area contributed by atoms with Crippen LogP contribution >= 0.6 is 22.6 Å². The monoisotopic (exact) mass is 1060 g/mol. The Morgan fingerprint density at radius 2 is 1.12 bits per heavy atom. The second-order valence-corrected chi connectivity index (χ2v) is 21.9. The summed E-state index contributed by atoms with van der Waals surface area (Å²) in [7, 11) is -5.47. The molecule has 19 nitrogen and oxygen atoms in total. The minimum absolute atomic E-state index is 0.0380. The van der Waals surface area contributed by atoms with Gasteiger partial charge in [-0.05, 0) is 140 Å². The number of hydrogen-bond acceptors (Lipinski definition) is 12. The van der Waals surface area contributed by atoms with Crippen molar-refractivity contribution in [3.05, 3.63) is 105 Å². The van der Waals surface area contributed by atoms with Crippen molar-refractivity contribution in [3.63, 3.8) is 0 Å². The first-order valence-corrected chi connectivity index (χ1v) is 24.4. The standard InChI is InChI=1S/C44H55IN8O11S2/c1-43(2,3)51(41(54)55)27-32(28-52(42(56)57)44(4,5)6)47-65(58,59)37-23-22-36(45)38(40-46-48-49-53(40)26-31-14-20-35(64-9)21-15-31)39(37)66(60,61)50(24-29-10-16-33(62-7)17-11-29)25-30-12-18-34(63-8)19-13-30/h10-23,32,47H,24-28H2,1-9H3,(H,54,55)(H,56,57). The Bertz CT molecular complexity index is 2620. The van der Waals surface area contributed by atoms with Gasteiger partial charge in [-0.1, -0.05) is 36.4 Å². The lowest BCUT2D eigenvalue weighted by Crippen LogP contribution is -2.58. The van der Waals surface area contributed by atoms with Crippen LogP contribution in [0.4, 0.5) is 9.59 Å². The molecule has 4 aromatic carbocycles. The van der Waals surface area contributed by atoms with Gasteiger partial charge in [-0.25, -0.2) is 35.8 Å². The number of halogens is 1. The zero-order chi connectivity index (χ0) is 48.8. The number of aromatic nitrogens is 4. The van der Waals surface area contributed by atoms with Crippen LogP contribution in [0.2, 0.25) is 0 Å². The molecular formula is C44H55IN8O11S2. The molecule has 0 unspecified atom stereocenters. The Morgan fingerprint density at radius 3 is 1.52 bits per heavy atom. The van der Waals surface area contributed by atoms with Gasteiger partial charge in [0.05, 0.1) is 39.5 Å². The Balaban J connectivity index is 1.79. The number of hydrogen-bond donors (Lipinski definition) is 3. The summed E-state index contributed by atoms with van der Waals surface area (Å²) in [5.41, 5.74) is -0.480. The number of sulfonamides is 2. The molecule has 5 rings (SSSR count). The topological polar surface area (TPSA) is 236 Å². The minimum Gasteiger partial charge on any atom is -0.497 e. The molecule has 1 heterocycles. The lowest BCUT2D eigenvalue weighted by Gasteiger charge is -2.40. The molecule has 1 aromatic heterocycles. The fraction of sp³-hybridized carbons (Fsp3) is 0.386. The van der Waals surface area contributed by atoms with Crippen LogP contribution in [0.5, 0.6) is 17.2 Å². The third kappa shape index (κ3) is 12.5. The predicted molar refractivity (Wildman–Crippen MR) is 254 cm³/mol. The molecule has 0 aliphatic heterocycles. The molecule has 0 saturated carbocycles. The molecular weight excluding hydrogens is 1010 g/mol. The van der Waals surface area contributed by atoms with Crippen molar-refractivity contribution in [2.24, 2.45) is 0 Å². The third-order valence-electron chi connectivity index (χ3n) is 10.5. The van der Waals surface area contributed by atoms with E-state index in [1.165, 1.54) is 32.1 Å². The van der Waals surface area contributed by atoms with Crippen LogP contribution in [-0.4, -0.2) is 125 Å². The number of amides is 2. The number of carboxylic acid groups (broad SMARTS) is 2. The summed E-state index contributed by atoms with van der Waals surface area (Å²) in [6, 6.07) is 21.6. The summed E-state index contributed by atoms with van der Waals surface area (Å²) in [4.78, 5) is 25.9. The van der Waals surface area contributed by atoms with Gasteiger partial charge in [-0.2, -0.15) is 4.31 Å². The van der Waals surface area contributed by atoms with E-state index in [1.54, 1.807) is 114 Å². The zero-order valence-electron chi connectivity index (χ0n) is 38.1. The van der Waals surface area contributed by atoms with Gasteiger partial charge in [0, 0.05) is 40.8 Å². The highest BCUT2D eigenvalue weighted by Gasteiger charge is 2.40. The molecule has 0 spiro atoms.